The topological polar surface area (TPSA) is 62.7 Å². The number of nitrogens with zero attached hydrogens (tertiary/aromatic N) is 3. The lowest BCUT2D eigenvalue weighted by Crippen LogP contribution is -1.77. The van der Waals surface area contributed by atoms with Crippen LogP contribution < -0.4 is 0 Å². The molecule has 1 aromatic heterocycles. The lowest BCUT2D eigenvalue weighted by Gasteiger charge is -1.91. The van der Waals surface area contributed by atoms with Crippen LogP contribution in [0.1, 0.15) is 22.8 Å². The second-order valence-corrected chi connectivity index (χ2v) is 3.24. The van der Waals surface area contributed by atoms with Gasteiger partial charge in [-0.15, -0.1) is 0 Å². The molecule has 4 nitrogen and oxygen atoms in total. The quantitative estimate of drug-likeness (QED) is 0.765. The van der Waals surface area contributed by atoms with E-state index in [-0.39, 0.29) is 0 Å². The van der Waals surface area contributed by atoms with Crippen molar-refractivity contribution < 1.29 is 4.52 Å². The molecule has 0 unspecified atom stereocenters. The normalized spacial score (nSPS) is 10.5. The summed E-state index contributed by atoms with van der Waals surface area (Å²) in [5, 5.41) is 12.4. The minimum atomic E-state index is 0.541. The Balaban J connectivity index is 2.15. The summed E-state index contributed by atoms with van der Waals surface area (Å²) >= 11 is 0. The number of hydrogen-bond acceptors (Lipinski definition) is 4. The van der Waals surface area contributed by atoms with Crippen LogP contribution in [0.15, 0.2) is 28.8 Å². The molecule has 16 heavy (non-hydrogen) atoms. The van der Waals surface area contributed by atoms with Crippen molar-refractivity contribution in [2.75, 3.05) is 0 Å². The fourth-order valence-corrected chi connectivity index (χ4v) is 1.22. The van der Waals surface area contributed by atoms with Gasteiger partial charge in [0.05, 0.1) is 11.6 Å². The maximum Gasteiger partial charge on any atom is 0.223 e. The number of aromatic nitrogens is 2. The second-order valence-electron chi connectivity index (χ2n) is 3.24. The first kappa shape index (κ1) is 10.1. The van der Waals surface area contributed by atoms with Gasteiger partial charge in [0.15, 0.2) is 5.82 Å². The van der Waals surface area contributed by atoms with Gasteiger partial charge in [0.2, 0.25) is 5.89 Å². The maximum atomic E-state index is 8.64. The lowest BCUT2D eigenvalue weighted by molar-refractivity contribution is 0.391. The first-order chi connectivity index (χ1) is 7.78. The molecule has 0 aliphatic carbocycles. The Morgan fingerprint density at radius 2 is 2.00 bits per heavy atom. The molecule has 0 atom stereocenters. The van der Waals surface area contributed by atoms with Gasteiger partial charge in [-0.05, 0) is 23.8 Å². The monoisotopic (exact) mass is 211 g/mol. The van der Waals surface area contributed by atoms with Gasteiger partial charge in [0.1, 0.15) is 0 Å². The molecule has 0 radical (unpaired) electrons. The van der Waals surface area contributed by atoms with Crippen molar-refractivity contribution in [1.29, 1.82) is 5.26 Å². The molecular formula is C12H9N3O. The first-order valence-corrected chi connectivity index (χ1v) is 4.76. The summed E-state index contributed by atoms with van der Waals surface area (Å²) in [6.07, 6.45) is 3.63. The third kappa shape index (κ3) is 2.34. The fraction of sp³-hybridized carbons (Fsp3) is 0.0833. The zero-order chi connectivity index (χ0) is 11.4. The molecule has 2 aromatic rings. The van der Waals surface area contributed by atoms with Crippen LogP contribution >= 0.6 is 0 Å². The third-order valence-corrected chi connectivity index (χ3v) is 2.01. The van der Waals surface area contributed by atoms with E-state index in [9.17, 15) is 0 Å². The van der Waals surface area contributed by atoms with Crippen molar-refractivity contribution in [3.8, 4) is 6.07 Å². The van der Waals surface area contributed by atoms with E-state index in [4.69, 9.17) is 9.78 Å². The highest BCUT2D eigenvalue weighted by Gasteiger charge is 1.96. The van der Waals surface area contributed by atoms with Crippen molar-refractivity contribution in [2.24, 2.45) is 0 Å². The van der Waals surface area contributed by atoms with Crippen molar-refractivity contribution in [3.63, 3.8) is 0 Å². The summed E-state index contributed by atoms with van der Waals surface area (Å²) in [6, 6.07) is 9.32. The number of hydrogen-bond donors (Lipinski definition) is 0. The van der Waals surface area contributed by atoms with Gasteiger partial charge >= 0.3 is 0 Å². The molecule has 0 fully saturated rings. The molecule has 0 amide bonds. The predicted octanol–water partition coefficient (Wildman–Crippen LogP) is 2.42. The Morgan fingerprint density at radius 1 is 1.25 bits per heavy atom. The van der Waals surface area contributed by atoms with E-state index >= 15 is 0 Å². The van der Waals surface area contributed by atoms with Crippen molar-refractivity contribution in [3.05, 3.63) is 47.1 Å². The first-order valence-electron chi connectivity index (χ1n) is 4.76. The largest absolute Gasteiger partial charge is 0.339 e. The molecular weight excluding hydrogens is 202 g/mol. The number of rotatable bonds is 2. The van der Waals surface area contributed by atoms with Gasteiger partial charge in [-0.3, -0.25) is 0 Å². The molecule has 1 heterocycles. The summed E-state index contributed by atoms with van der Waals surface area (Å²) in [4.78, 5) is 4.04. The second kappa shape index (κ2) is 4.41. The lowest BCUT2D eigenvalue weighted by atomic mass is 10.1. The molecule has 2 rings (SSSR count). The van der Waals surface area contributed by atoms with Crippen LogP contribution in [0.3, 0.4) is 0 Å². The SMILES string of the molecule is Cc1nc(C=Cc2ccc(C#N)cc2)no1. The van der Waals surface area contributed by atoms with Gasteiger partial charge < -0.3 is 4.52 Å². The van der Waals surface area contributed by atoms with Crippen molar-refractivity contribution in [2.45, 2.75) is 6.92 Å². The minimum absolute atomic E-state index is 0.541. The molecule has 4 heteroatoms. The maximum absolute atomic E-state index is 8.64. The average Bonchev–Trinajstić information content (AvgIpc) is 2.73. The summed E-state index contributed by atoms with van der Waals surface area (Å²) < 4.78 is 4.83. The van der Waals surface area contributed by atoms with Crippen LogP contribution in [0.4, 0.5) is 0 Å². The van der Waals surface area contributed by atoms with Gasteiger partial charge in [-0.1, -0.05) is 23.4 Å². The van der Waals surface area contributed by atoms with E-state index in [1.165, 1.54) is 0 Å². The van der Waals surface area contributed by atoms with Crippen LogP contribution in [-0.4, -0.2) is 10.1 Å². The Hall–Kier alpha value is -2.41. The highest BCUT2D eigenvalue weighted by molar-refractivity contribution is 5.66. The third-order valence-electron chi connectivity index (χ3n) is 2.01. The highest BCUT2D eigenvalue weighted by Crippen LogP contribution is 2.07. The standard InChI is InChI=1S/C12H9N3O/c1-9-14-12(15-16-9)7-6-10-2-4-11(8-13)5-3-10/h2-7H,1H3. The van der Waals surface area contributed by atoms with Crippen LogP contribution in [-0.2, 0) is 0 Å². The van der Waals surface area contributed by atoms with E-state index in [1.807, 2.05) is 18.2 Å². The molecule has 0 saturated carbocycles. The fourth-order valence-electron chi connectivity index (χ4n) is 1.22. The number of nitriles is 1. The van der Waals surface area contributed by atoms with E-state index in [0.717, 1.165) is 5.56 Å². The molecule has 0 spiro atoms. The van der Waals surface area contributed by atoms with Crippen molar-refractivity contribution >= 4 is 12.2 Å². The van der Waals surface area contributed by atoms with E-state index in [0.29, 0.717) is 17.3 Å². The van der Waals surface area contributed by atoms with Gasteiger partial charge in [0, 0.05) is 6.92 Å². The number of aryl methyl sites for hydroxylation is 1. The van der Waals surface area contributed by atoms with Crippen LogP contribution in [0.5, 0.6) is 0 Å². The Bertz CT molecular complexity index is 546. The average molecular weight is 211 g/mol. The molecule has 0 aliphatic heterocycles. The highest BCUT2D eigenvalue weighted by atomic mass is 16.5. The molecule has 78 valence electrons. The summed E-state index contributed by atoms with van der Waals surface area (Å²) in [6.45, 7) is 1.74. The molecule has 1 aromatic carbocycles. The Morgan fingerprint density at radius 3 is 2.56 bits per heavy atom. The van der Waals surface area contributed by atoms with Crippen molar-refractivity contribution in [1.82, 2.24) is 10.1 Å². The summed E-state index contributed by atoms with van der Waals surface area (Å²) in [5.41, 5.74) is 1.63. The zero-order valence-electron chi connectivity index (χ0n) is 8.71. The molecule has 0 saturated heterocycles. The van der Waals surface area contributed by atoms with E-state index < -0.39 is 0 Å². The Labute approximate surface area is 92.8 Å². The molecule has 0 bridgehead atoms. The van der Waals surface area contributed by atoms with Crippen LogP contribution in [0.2, 0.25) is 0 Å². The van der Waals surface area contributed by atoms with Crippen LogP contribution in [0.25, 0.3) is 12.2 Å². The van der Waals surface area contributed by atoms with E-state index in [2.05, 4.69) is 16.2 Å². The molecule has 0 N–H and O–H groups in total. The van der Waals surface area contributed by atoms with Crippen LogP contribution in [0, 0.1) is 18.3 Å². The predicted molar refractivity (Wildman–Crippen MR) is 59.1 cm³/mol. The van der Waals surface area contributed by atoms with Gasteiger partial charge in [-0.25, -0.2) is 0 Å². The molecule has 0 aliphatic rings. The summed E-state index contributed by atoms with van der Waals surface area (Å²) in [7, 11) is 0. The van der Waals surface area contributed by atoms with Gasteiger partial charge in [-0.2, -0.15) is 10.2 Å². The van der Waals surface area contributed by atoms with E-state index in [1.54, 1.807) is 25.1 Å². The van der Waals surface area contributed by atoms with Gasteiger partial charge in [0.25, 0.3) is 0 Å². The Kier molecular flexibility index (Phi) is 2.79. The summed E-state index contributed by atoms with van der Waals surface area (Å²) in [5.74, 6) is 1.08. The zero-order valence-corrected chi connectivity index (χ0v) is 8.71. The smallest absolute Gasteiger partial charge is 0.223 e. The number of benzene rings is 1. The minimum Gasteiger partial charge on any atom is -0.339 e.